The second-order valence-electron chi connectivity index (χ2n) is 13.4. The van der Waals surface area contributed by atoms with Crippen LogP contribution in [0.15, 0.2) is 30.5 Å². The Morgan fingerprint density at radius 2 is 1.94 bits per heavy atom. The molecule has 5 fully saturated rings. The van der Waals surface area contributed by atoms with Crippen LogP contribution in [0.2, 0.25) is 0 Å². The molecule has 5 aliphatic rings. The summed E-state index contributed by atoms with van der Waals surface area (Å²) in [6.45, 7) is 7.17. The van der Waals surface area contributed by atoms with E-state index in [1.807, 2.05) is 36.0 Å². The molecule has 5 heteroatoms. The van der Waals surface area contributed by atoms with Crippen molar-refractivity contribution in [2.75, 3.05) is 0 Å². The second kappa shape index (κ2) is 7.41. The highest BCUT2D eigenvalue weighted by molar-refractivity contribution is 5.83. The van der Waals surface area contributed by atoms with E-state index in [0.717, 1.165) is 49.4 Å². The molecule has 2 aromatic rings. The zero-order valence-electron chi connectivity index (χ0n) is 21.5. The largest absolute Gasteiger partial charge is 0.390 e. The van der Waals surface area contributed by atoms with E-state index in [1.54, 1.807) is 0 Å². The Morgan fingerprint density at radius 3 is 2.77 bits per heavy atom. The highest BCUT2D eigenvalue weighted by Crippen LogP contribution is 2.71. The van der Waals surface area contributed by atoms with Crippen molar-refractivity contribution in [2.24, 2.45) is 40.4 Å². The van der Waals surface area contributed by atoms with Crippen molar-refractivity contribution in [1.29, 1.82) is 0 Å². The first-order valence-corrected chi connectivity index (χ1v) is 14.0. The van der Waals surface area contributed by atoms with Gasteiger partial charge < -0.3 is 9.84 Å². The van der Waals surface area contributed by atoms with E-state index in [1.165, 1.54) is 12.8 Å². The van der Waals surface area contributed by atoms with Gasteiger partial charge in [0.15, 0.2) is 5.78 Å². The van der Waals surface area contributed by atoms with Crippen LogP contribution in [0.5, 0.6) is 0 Å². The first-order valence-electron chi connectivity index (χ1n) is 14.0. The lowest BCUT2D eigenvalue weighted by Gasteiger charge is -2.61. The molecule has 2 bridgehead atoms. The summed E-state index contributed by atoms with van der Waals surface area (Å²) in [5.74, 6) is 2.96. The number of carbonyl (C=O) groups excluding carboxylic acids is 1. The first kappa shape index (κ1) is 22.5. The zero-order valence-corrected chi connectivity index (χ0v) is 21.5. The molecule has 10 atom stereocenters. The SMILES string of the molecule is C[C@H]1O[C@@H]2C[C@@H]3C(CC[C@]4(C)[C@@H](C(=O)Cn5cc6ccccc6n5)CC[C@@H]34)[C@]13CC[C@@](C)(O)CC23. The number of aliphatic hydroxyl groups is 1. The van der Waals surface area contributed by atoms with Gasteiger partial charge in [0, 0.05) is 22.9 Å². The van der Waals surface area contributed by atoms with Crippen LogP contribution in [-0.2, 0) is 16.1 Å². The smallest absolute Gasteiger partial charge is 0.157 e. The van der Waals surface area contributed by atoms with E-state index >= 15 is 0 Å². The van der Waals surface area contributed by atoms with Gasteiger partial charge in [0.2, 0.25) is 0 Å². The van der Waals surface area contributed by atoms with Gasteiger partial charge in [-0.3, -0.25) is 9.48 Å². The third-order valence-corrected chi connectivity index (χ3v) is 11.8. The highest BCUT2D eigenvalue weighted by atomic mass is 16.5. The quantitative estimate of drug-likeness (QED) is 0.645. The molecule has 1 aromatic heterocycles. The van der Waals surface area contributed by atoms with Crippen LogP contribution in [0.3, 0.4) is 0 Å². The maximum absolute atomic E-state index is 13.7. The van der Waals surface area contributed by atoms with Gasteiger partial charge >= 0.3 is 0 Å². The lowest BCUT2D eigenvalue weighted by atomic mass is 9.42. The number of ether oxygens (including phenoxy) is 1. The Hall–Kier alpha value is -1.72. The Bertz CT molecular complexity index is 1140. The molecule has 0 amide bonds. The molecule has 0 radical (unpaired) electrons. The molecule has 1 saturated heterocycles. The molecule has 2 unspecified atom stereocenters. The Balaban J connectivity index is 1.14. The Labute approximate surface area is 208 Å². The van der Waals surface area contributed by atoms with Gasteiger partial charge in [0.25, 0.3) is 0 Å². The summed E-state index contributed by atoms with van der Waals surface area (Å²) in [6.07, 6.45) is 11.2. The minimum Gasteiger partial charge on any atom is -0.390 e. The van der Waals surface area contributed by atoms with Gasteiger partial charge in [-0.05, 0) is 100 Å². The van der Waals surface area contributed by atoms with Crippen molar-refractivity contribution in [3.8, 4) is 0 Å². The van der Waals surface area contributed by atoms with Gasteiger partial charge in [-0.25, -0.2) is 0 Å². The third-order valence-electron chi connectivity index (χ3n) is 11.8. The number of hydrogen-bond donors (Lipinski definition) is 1. The molecular weight excluding hydrogens is 436 g/mol. The van der Waals surface area contributed by atoms with Crippen molar-refractivity contribution in [3.05, 3.63) is 30.5 Å². The fourth-order valence-electron chi connectivity index (χ4n) is 10.3. The first-order chi connectivity index (χ1) is 16.7. The number of hydrogen-bond acceptors (Lipinski definition) is 4. The summed E-state index contributed by atoms with van der Waals surface area (Å²) in [6, 6.07) is 8.11. The number of benzene rings is 1. The van der Waals surface area contributed by atoms with E-state index in [4.69, 9.17) is 4.74 Å². The molecule has 5 nitrogen and oxygen atoms in total. The summed E-state index contributed by atoms with van der Waals surface area (Å²) in [5.41, 5.74) is 0.743. The molecule has 1 aliphatic heterocycles. The monoisotopic (exact) mass is 476 g/mol. The molecule has 1 N–H and O–H groups in total. The summed E-state index contributed by atoms with van der Waals surface area (Å²) in [7, 11) is 0. The van der Waals surface area contributed by atoms with Crippen molar-refractivity contribution < 1.29 is 14.6 Å². The second-order valence-corrected chi connectivity index (χ2v) is 13.4. The van der Waals surface area contributed by atoms with Gasteiger partial charge in [-0.1, -0.05) is 25.1 Å². The van der Waals surface area contributed by atoms with Crippen molar-refractivity contribution in [1.82, 2.24) is 9.78 Å². The predicted molar refractivity (Wildman–Crippen MR) is 135 cm³/mol. The van der Waals surface area contributed by atoms with E-state index in [2.05, 4.69) is 25.0 Å². The van der Waals surface area contributed by atoms with Crippen LogP contribution in [0.1, 0.15) is 72.1 Å². The van der Waals surface area contributed by atoms with Gasteiger partial charge in [-0.15, -0.1) is 0 Å². The van der Waals surface area contributed by atoms with Gasteiger partial charge in [-0.2, -0.15) is 5.10 Å². The molecule has 35 heavy (non-hydrogen) atoms. The van der Waals surface area contributed by atoms with Crippen LogP contribution in [0, 0.1) is 40.4 Å². The molecule has 1 aromatic carbocycles. The minimum absolute atomic E-state index is 0.0944. The molecule has 188 valence electrons. The standard InChI is InChI=1S/C30H40N2O3/c1-18-30-13-12-28(2,34)15-24(30)27(35-18)14-20-21-8-9-23(29(21,3)11-10-22(20)30)26(33)17-32-16-19-6-4-5-7-25(19)31-32/h4-7,16,18,20-24,27,34H,8-15,17H2,1-3H3/t18-,20+,21+,22?,23-,24?,27-,28-,29+,30+/m1/s1. The normalized spacial score (nSPS) is 48.4. The van der Waals surface area contributed by atoms with E-state index < -0.39 is 5.60 Å². The summed E-state index contributed by atoms with van der Waals surface area (Å²) < 4.78 is 8.55. The van der Waals surface area contributed by atoms with E-state index in [0.29, 0.717) is 42.1 Å². The number of ketones is 1. The molecule has 7 rings (SSSR count). The van der Waals surface area contributed by atoms with Crippen LogP contribution >= 0.6 is 0 Å². The molecule has 0 spiro atoms. The average Bonchev–Trinajstić information content (AvgIpc) is 3.43. The van der Waals surface area contributed by atoms with Crippen LogP contribution in [0.4, 0.5) is 0 Å². The van der Waals surface area contributed by atoms with Gasteiger partial charge in [0.05, 0.1) is 29.9 Å². The number of rotatable bonds is 3. The van der Waals surface area contributed by atoms with E-state index in [-0.39, 0.29) is 22.9 Å². The molecule has 4 aliphatic carbocycles. The number of aromatic nitrogens is 2. The van der Waals surface area contributed by atoms with Crippen LogP contribution in [-0.4, -0.2) is 38.5 Å². The average molecular weight is 477 g/mol. The van der Waals surface area contributed by atoms with Crippen molar-refractivity contribution in [2.45, 2.75) is 96.5 Å². The number of Topliss-reactive ketones (excluding diaryl/α,β-unsaturated/α-hetero) is 1. The Kier molecular flexibility index (Phi) is 4.76. The zero-order chi connectivity index (χ0) is 24.2. The number of carbonyl (C=O) groups is 1. The lowest BCUT2D eigenvalue weighted by molar-refractivity contribution is -0.148. The third kappa shape index (κ3) is 3.06. The molecule has 4 saturated carbocycles. The van der Waals surface area contributed by atoms with Crippen LogP contribution in [0.25, 0.3) is 10.9 Å². The molecule has 2 heterocycles. The maximum atomic E-state index is 13.7. The van der Waals surface area contributed by atoms with Gasteiger partial charge in [0.1, 0.15) is 0 Å². The predicted octanol–water partition coefficient (Wildman–Crippen LogP) is 5.39. The maximum Gasteiger partial charge on any atom is 0.157 e. The highest BCUT2D eigenvalue weighted by Gasteiger charge is 2.69. The van der Waals surface area contributed by atoms with Crippen LogP contribution < -0.4 is 0 Å². The Morgan fingerprint density at radius 1 is 1.11 bits per heavy atom. The van der Waals surface area contributed by atoms with E-state index in [9.17, 15) is 9.90 Å². The number of nitrogens with zero attached hydrogens (tertiary/aromatic N) is 2. The summed E-state index contributed by atoms with van der Waals surface area (Å²) in [4.78, 5) is 13.7. The number of fused-ring (bicyclic) bond motifs is 4. The summed E-state index contributed by atoms with van der Waals surface area (Å²) in [5, 5.41) is 16.7. The topological polar surface area (TPSA) is 64.4 Å². The fourth-order valence-corrected chi connectivity index (χ4v) is 10.3. The fraction of sp³-hybridized carbons (Fsp3) is 0.733. The van der Waals surface area contributed by atoms with Crippen molar-refractivity contribution >= 4 is 16.7 Å². The summed E-state index contributed by atoms with van der Waals surface area (Å²) >= 11 is 0. The molecular formula is C30H40N2O3. The van der Waals surface area contributed by atoms with Crippen molar-refractivity contribution in [3.63, 3.8) is 0 Å². The lowest BCUT2D eigenvalue weighted by Crippen LogP contribution is -2.59. The minimum atomic E-state index is -0.544.